The van der Waals surface area contributed by atoms with Crippen LogP contribution in [0, 0.1) is 22.7 Å². The monoisotopic (exact) mass is 604 g/mol. The third kappa shape index (κ3) is 22.8. The topological polar surface area (TPSA) is 77.8 Å². The Balaban J connectivity index is 0.000000601. The minimum atomic E-state index is -2.91. The van der Waals surface area contributed by atoms with Gasteiger partial charge < -0.3 is 4.89 Å². The molecular weight excluding hydrogens is 534 g/mol. The minimum Gasteiger partial charge on any atom is -0.344 e. The summed E-state index contributed by atoms with van der Waals surface area (Å²) in [6.07, 6.45) is 27.5. The minimum absolute atomic E-state index is 0.0960. The van der Waals surface area contributed by atoms with Gasteiger partial charge in [-0.05, 0) is 98.7 Å². The van der Waals surface area contributed by atoms with Crippen molar-refractivity contribution in [1.82, 2.24) is 0 Å². The molecule has 0 aromatic carbocycles. The Morgan fingerprint density at radius 1 is 0.725 bits per heavy atom. The smallest absolute Gasteiger partial charge is 0.203 e. The number of hydrogen-bond donors (Lipinski definition) is 3. The van der Waals surface area contributed by atoms with E-state index in [9.17, 15) is 9.46 Å². The van der Waals surface area contributed by atoms with Crippen molar-refractivity contribution in [3.8, 4) is 0 Å². The first-order valence-electron chi connectivity index (χ1n) is 16.6. The van der Waals surface area contributed by atoms with E-state index in [1.807, 2.05) is 0 Å². The highest BCUT2D eigenvalue weighted by Gasteiger charge is 2.34. The summed E-state index contributed by atoms with van der Waals surface area (Å²) >= 11 is 0. The van der Waals surface area contributed by atoms with Gasteiger partial charge in [0.1, 0.15) is 0 Å². The molecule has 4 unspecified atom stereocenters. The molecule has 3 aliphatic carbocycles. The lowest BCUT2D eigenvalue weighted by Crippen LogP contribution is -2.20. The van der Waals surface area contributed by atoms with Gasteiger partial charge in [0.15, 0.2) is 0 Å². The van der Waals surface area contributed by atoms with E-state index in [2.05, 4.69) is 67.5 Å². The van der Waals surface area contributed by atoms with E-state index in [0.717, 1.165) is 43.7 Å². The molecular formula is C34H70O4P2. The molecule has 3 rings (SSSR count). The summed E-state index contributed by atoms with van der Waals surface area (Å²) in [5, 5.41) is 12.0. The van der Waals surface area contributed by atoms with Gasteiger partial charge in [-0.2, -0.15) is 0 Å². The maximum absolute atomic E-state index is 12.4. The molecule has 0 heterocycles. The molecule has 2 fully saturated rings. The highest BCUT2D eigenvalue weighted by atomic mass is 31.2. The molecule has 0 aliphatic heterocycles. The van der Waals surface area contributed by atoms with Crippen molar-refractivity contribution in [2.75, 3.05) is 12.3 Å². The van der Waals surface area contributed by atoms with E-state index in [1.165, 1.54) is 85.4 Å². The van der Waals surface area contributed by atoms with Crippen molar-refractivity contribution in [1.29, 1.82) is 0 Å². The largest absolute Gasteiger partial charge is 0.344 e. The van der Waals surface area contributed by atoms with Crippen molar-refractivity contribution in [2.24, 2.45) is 22.7 Å². The van der Waals surface area contributed by atoms with E-state index in [-0.39, 0.29) is 11.1 Å². The first kappa shape index (κ1) is 40.3. The second-order valence-electron chi connectivity index (χ2n) is 15.5. The molecule has 3 aliphatic rings. The molecule has 0 aromatic heterocycles. The van der Waals surface area contributed by atoms with E-state index >= 15 is 0 Å². The maximum Gasteiger partial charge on any atom is 0.203 e. The van der Waals surface area contributed by atoms with Gasteiger partial charge >= 0.3 is 0 Å². The fourth-order valence-electron chi connectivity index (χ4n) is 6.74. The van der Waals surface area contributed by atoms with E-state index < -0.39 is 7.37 Å². The molecule has 4 atom stereocenters. The summed E-state index contributed by atoms with van der Waals surface area (Å²) in [5.74, 6) is 1.29. The van der Waals surface area contributed by atoms with Gasteiger partial charge in [-0.15, -0.1) is 8.58 Å². The number of hydrogen-bond acceptors (Lipinski definition) is 3. The quantitative estimate of drug-likeness (QED) is 0.111. The van der Waals surface area contributed by atoms with Crippen LogP contribution >= 0.6 is 15.9 Å². The fourth-order valence-corrected chi connectivity index (χ4v) is 10.9. The summed E-state index contributed by atoms with van der Waals surface area (Å²) in [4.78, 5) is 10.3. The van der Waals surface area contributed by atoms with Crippen LogP contribution < -0.4 is 0 Å². The Labute approximate surface area is 252 Å². The van der Waals surface area contributed by atoms with Gasteiger partial charge in [0.25, 0.3) is 0 Å². The van der Waals surface area contributed by atoms with Crippen molar-refractivity contribution in [3.63, 3.8) is 0 Å². The van der Waals surface area contributed by atoms with Gasteiger partial charge in [0, 0.05) is 11.8 Å². The zero-order valence-corrected chi connectivity index (χ0v) is 29.8. The lowest BCUT2D eigenvalue weighted by Gasteiger charge is -2.30. The van der Waals surface area contributed by atoms with Gasteiger partial charge in [0.05, 0.1) is 0 Å². The predicted octanol–water partition coefficient (Wildman–Crippen LogP) is 11.9. The Kier molecular flexibility index (Phi) is 22.0. The molecule has 0 bridgehead atoms. The average molecular weight is 605 g/mol. The third-order valence-electron chi connectivity index (χ3n) is 8.16. The van der Waals surface area contributed by atoms with Gasteiger partial charge in [-0.1, -0.05) is 106 Å². The summed E-state index contributed by atoms with van der Waals surface area (Å²) in [6.45, 7) is 18.3. The van der Waals surface area contributed by atoms with E-state index in [1.54, 1.807) is 0 Å². The zero-order chi connectivity index (χ0) is 30.7. The van der Waals surface area contributed by atoms with Crippen LogP contribution in [0.2, 0.25) is 0 Å². The molecule has 0 saturated heterocycles. The third-order valence-corrected chi connectivity index (χ3v) is 13.1. The molecule has 3 N–H and O–H groups in total. The van der Waals surface area contributed by atoms with Crippen LogP contribution in [-0.4, -0.2) is 39.0 Å². The Morgan fingerprint density at radius 2 is 1.15 bits per heavy atom. The number of rotatable bonds is 8. The van der Waals surface area contributed by atoms with E-state index in [0.29, 0.717) is 17.5 Å². The van der Waals surface area contributed by atoms with Crippen molar-refractivity contribution >= 4 is 15.9 Å². The average Bonchev–Trinajstić information content (AvgIpc) is 2.89. The normalized spacial score (nSPS) is 22.1. The highest BCUT2D eigenvalue weighted by molar-refractivity contribution is 7.58. The van der Waals surface area contributed by atoms with Crippen LogP contribution in [-0.2, 0) is 4.57 Å². The maximum atomic E-state index is 12.4. The van der Waals surface area contributed by atoms with Crippen molar-refractivity contribution in [2.45, 2.75) is 169 Å². The van der Waals surface area contributed by atoms with Crippen LogP contribution in [0.1, 0.15) is 158 Å². The lowest BCUT2D eigenvalue weighted by molar-refractivity contribution is -0.176. The number of allylic oxidation sites excluding steroid dienone is 2. The summed E-state index contributed by atoms with van der Waals surface area (Å²) in [7, 11) is -1.66. The standard InChI is InChI=1S/C14H29O2P.C14H29P.C6H10.H2O2/c1-12(10-14(2,3)4)11-17(15,16)13-8-6-5-7-9-13;1-12(10-14(2,3)4)11-15-13-8-6-5-7-9-13;1-2-4-6-5-3-1;1-2/h12-13H,5-11H2,1-4H3,(H,15,16);12-13,15H,5-11H2,1-4H3;1-2H,3-6H2;1-2H. The molecule has 0 radical (unpaired) electrons. The van der Waals surface area contributed by atoms with Crippen LogP contribution in [0.5, 0.6) is 0 Å². The summed E-state index contributed by atoms with van der Waals surface area (Å²) in [5.41, 5.74) is 1.97. The molecule has 40 heavy (non-hydrogen) atoms. The highest BCUT2D eigenvalue weighted by Crippen LogP contribution is 2.53. The van der Waals surface area contributed by atoms with Crippen molar-refractivity contribution < 1.29 is 20.0 Å². The van der Waals surface area contributed by atoms with E-state index in [4.69, 9.17) is 10.5 Å². The lowest BCUT2D eigenvalue weighted by atomic mass is 9.86. The Hall–Kier alpha value is 0.280. The SMILES string of the molecule is C1=CCCCC1.CC(CC(C)(C)C)CP(=O)(O)C1CCCCC1.CC(CPC1CCCCC1)CC(C)(C)C.OO. The van der Waals surface area contributed by atoms with Crippen LogP contribution in [0.25, 0.3) is 0 Å². The first-order chi connectivity index (χ1) is 18.7. The predicted molar refractivity (Wildman–Crippen MR) is 181 cm³/mol. The van der Waals surface area contributed by atoms with Crippen LogP contribution in [0.4, 0.5) is 0 Å². The first-order valence-corrected chi connectivity index (χ1v) is 19.8. The Morgan fingerprint density at radius 3 is 1.55 bits per heavy atom. The van der Waals surface area contributed by atoms with Gasteiger partial charge in [-0.25, -0.2) is 0 Å². The van der Waals surface area contributed by atoms with Gasteiger partial charge in [-0.3, -0.25) is 15.1 Å². The second-order valence-corrected chi connectivity index (χ2v) is 19.7. The van der Waals surface area contributed by atoms with Crippen LogP contribution in [0.3, 0.4) is 0 Å². The molecule has 0 amide bonds. The fraction of sp³-hybridized carbons (Fsp3) is 0.941. The Bertz CT molecular complexity index is 660. The molecule has 4 nitrogen and oxygen atoms in total. The molecule has 0 aromatic rings. The summed E-state index contributed by atoms with van der Waals surface area (Å²) < 4.78 is 12.4. The van der Waals surface area contributed by atoms with Crippen molar-refractivity contribution in [3.05, 3.63) is 12.2 Å². The second kappa shape index (κ2) is 21.9. The van der Waals surface area contributed by atoms with Crippen LogP contribution in [0.15, 0.2) is 12.2 Å². The van der Waals surface area contributed by atoms with Gasteiger partial charge in [0.2, 0.25) is 7.37 Å². The molecule has 0 spiro atoms. The zero-order valence-electron chi connectivity index (χ0n) is 27.9. The molecule has 240 valence electrons. The molecule has 2 saturated carbocycles. The summed E-state index contributed by atoms with van der Waals surface area (Å²) in [6, 6.07) is 0. The molecule has 6 heteroatoms.